The molecule has 1 amide bonds. The van der Waals surface area contributed by atoms with Crippen molar-refractivity contribution in [1.29, 1.82) is 0 Å². The Labute approximate surface area is 70.8 Å². The summed E-state index contributed by atoms with van der Waals surface area (Å²) in [5, 5.41) is 7.02. The number of para-hydroxylation sites is 1. The van der Waals surface area contributed by atoms with Gasteiger partial charge in [-0.15, -0.1) is 0 Å². The lowest BCUT2D eigenvalue weighted by Gasteiger charge is -2.00. The first-order valence-electron chi connectivity index (χ1n) is 3.92. The van der Waals surface area contributed by atoms with Gasteiger partial charge in [-0.3, -0.25) is 10.1 Å². The fourth-order valence-electron chi connectivity index (χ4n) is 1.24. The topological polar surface area (TPSA) is 43.2 Å². The number of nitrogens with one attached hydrogen (secondary N) is 1. The molecule has 1 heterocycles. The summed E-state index contributed by atoms with van der Waals surface area (Å²) in [5.74, 6) is -0.0214. The van der Waals surface area contributed by atoms with Crippen LogP contribution in [0.5, 0.6) is 0 Å². The zero-order chi connectivity index (χ0) is 8.39. The summed E-state index contributed by atoms with van der Waals surface area (Å²) in [6.07, 6.45) is 0. The molecule has 3 nitrogen and oxygen atoms in total. The molecule has 1 N–H and O–H groups in total. The molecule has 1 aliphatic heterocycles. The van der Waals surface area contributed by atoms with Gasteiger partial charge < -0.3 is 5.32 Å². The minimum atomic E-state index is -0.0214. The fraction of sp³-hybridized carbons (Fsp3) is 0.222. The molecule has 0 aliphatic carbocycles. The first kappa shape index (κ1) is 7.16. The quantitative estimate of drug-likeness (QED) is 0.597. The lowest BCUT2D eigenvalue weighted by atomic mass is 10.2. The lowest BCUT2D eigenvalue weighted by Crippen LogP contribution is -2.24. The Balaban J connectivity index is 2.46. The van der Waals surface area contributed by atoms with Crippen LogP contribution in [0, 0.1) is 0 Å². The number of fused-ring (bicyclic) bond motifs is 1. The van der Waals surface area contributed by atoms with Crippen LogP contribution in [-0.4, -0.2) is 19.0 Å². The van der Waals surface area contributed by atoms with Gasteiger partial charge >= 0.3 is 0 Å². The zero-order valence-electron chi connectivity index (χ0n) is 6.58. The second-order valence-electron chi connectivity index (χ2n) is 2.65. The maximum Gasteiger partial charge on any atom is 0.253 e. The molecular weight excluding hydrogens is 152 g/mol. The maximum absolute atomic E-state index is 11.3. The molecule has 1 aromatic rings. The number of carbonyl (C=O) groups is 1. The van der Waals surface area contributed by atoms with E-state index in [0.717, 1.165) is 5.69 Å². The van der Waals surface area contributed by atoms with Crippen molar-refractivity contribution in [2.24, 2.45) is 0 Å². The molecule has 3 heteroatoms. The molecule has 1 aliphatic rings. The number of hydrogen-bond acceptors (Lipinski definition) is 1. The Hall–Kier alpha value is -1.51. The van der Waals surface area contributed by atoms with Crippen molar-refractivity contribution in [1.82, 2.24) is 10.6 Å². The highest BCUT2D eigenvalue weighted by atomic mass is 16.1. The Morgan fingerprint density at radius 1 is 1.33 bits per heavy atom. The van der Waals surface area contributed by atoms with Crippen LogP contribution in [0.3, 0.4) is 0 Å². The van der Waals surface area contributed by atoms with Crippen LogP contribution in [0.4, 0.5) is 5.69 Å². The summed E-state index contributed by atoms with van der Waals surface area (Å²) >= 11 is 0. The monoisotopic (exact) mass is 161 g/mol. The molecule has 1 radical (unpaired) electrons. The van der Waals surface area contributed by atoms with E-state index in [-0.39, 0.29) is 5.91 Å². The van der Waals surface area contributed by atoms with Gasteiger partial charge in [0.1, 0.15) is 0 Å². The normalized spacial score (nSPS) is 15.5. The van der Waals surface area contributed by atoms with Gasteiger partial charge in [0, 0.05) is 6.54 Å². The Bertz CT molecular complexity index is 309. The highest BCUT2D eigenvalue weighted by Gasteiger charge is 2.13. The van der Waals surface area contributed by atoms with Crippen LogP contribution in [0.2, 0.25) is 0 Å². The minimum Gasteiger partial charge on any atom is -0.350 e. The highest BCUT2D eigenvalue weighted by molar-refractivity contribution is 5.99. The van der Waals surface area contributed by atoms with E-state index in [1.165, 1.54) is 0 Å². The van der Waals surface area contributed by atoms with Gasteiger partial charge in [-0.25, -0.2) is 0 Å². The van der Waals surface area contributed by atoms with Crippen LogP contribution in [0.25, 0.3) is 0 Å². The van der Waals surface area contributed by atoms with Crippen molar-refractivity contribution in [2.75, 3.05) is 13.1 Å². The van der Waals surface area contributed by atoms with Crippen molar-refractivity contribution >= 4 is 11.6 Å². The van der Waals surface area contributed by atoms with Crippen LogP contribution < -0.4 is 10.6 Å². The van der Waals surface area contributed by atoms with E-state index < -0.39 is 0 Å². The summed E-state index contributed by atoms with van der Waals surface area (Å²) in [4.78, 5) is 11.3. The lowest BCUT2D eigenvalue weighted by molar-refractivity contribution is 0.0958. The van der Waals surface area contributed by atoms with Crippen LogP contribution in [-0.2, 0) is 0 Å². The van der Waals surface area contributed by atoms with Crippen molar-refractivity contribution in [3.63, 3.8) is 0 Å². The van der Waals surface area contributed by atoms with E-state index >= 15 is 0 Å². The van der Waals surface area contributed by atoms with Crippen molar-refractivity contribution in [3.8, 4) is 0 Å². The molecule has 0 unspecified atom stereocenters. The van der Waals surface area contributed by atoms with E-state index in [9.17, 15) is 4.79 Å². The predicted octanol–water partition coefficient (Wildman–Crippen LogP) is 0.666. The molecule has 0 spiro atoms. The van der Waals surface area contributed by atoms with Crippen molar-refractivity contribution in [2.45, 2.75) is 0 Å². The van der Waals surface area contributed by atoms with Gasteiger partial charge in [0.15, 0.2) is 0 Å². The summed E-state index contributed by atoms with van der Waals surface area (Å²) in [5.41, 5.74) is 1.47. The zero-order valence-corrected chi connectivity index (χ0v) is 6.58. The average Bonchev–Trinajstić information content (AvgIpc) is 2.29. The molecule has 2 rings (SSSR count). The fourth-order valence-corrected chi connectivity index (χ4v) is 1.24. The molecule has 0 bridgehead atoms. The third-order valence-corrected chi connectivity index (χ3v) is 1.83. The Morgan fingerprint density at radius 2 is 2.17 bits per heavy atom. The van der Waals surface area contributed by atoms with E-state index in [1.54, 1.807) is 6.07 Å². The Kier molecular flexibility index (Phi) is 1.70. The first-order chi connectivity index (χ1) is 5.88. The first-order valence-corrected chi connectivity index (χ1v) is 3.92. The van der Waals surface area contributed by atoms with E-state index in [1.807, 2.05) is 18.2 Å². The van der Waals surface area contributed by atoms with Crippen LogP contribution >= 0.6 is 0 Å². The third kappa shape index (κ3) is 1.13. The summed E-state index contributed by atoms with van der Waals surface area (Å²) in [7, 11) is 0. The number of carbonyl (C=O) groups excluding carboxylic acids is 1. The van der Waals surface area contributed by atoms with Gasteiger partial charge in [0.05, 0.1) is 17.8 Å². The molecule has 61 valence electrons. The smallest absolute Gasteiger partial charge is 0.253 e. The maximum atomic E-state index is 11.3. The molecule has 0 fully saturated rings. The standard InChI is InChI=1S/C9H9N2O/c12-9-7-3-1-2-4-8(7)10-5-6-11-9/h1-4H,5-6H2,(H,11,12). The summed E-state index contributed by atoms with van der Waals surface area (Å²) in [6.45, 7) is 1.30. The second-order valence-corrected chi connectivity index (χ2v) is 2.65. The van der Waals surface area contributed by atoms with Crippen LogP contribution in [0.15, 0.2) is 24.3 Å². The molecule has 12 heavy (non-hydrogen) atoms. The summed E-state index contributed by atoms with van der Waals surface area (Å²) in [6, 6.07) is 7.39. The third-order valence-electron chi connectivity index (χ3n) is 1.83. The van der Waals surface area contributed by atoms with Gasteiger partial charge in [-0.1, -0.05) is 12.1 Å². The highest BCUT2D eigenvalue weighted by Crippen LogP contribution is 2.15. The molecule has 0 atom stereocenters. The largest absolute Gasteiger partial charge is 0.350 e. The van der Waals surface area contributed by atoms with Gasteiger partial charge in [0.25, 0.3) is 5.91 Å². The molecule has 0 saturated heterocycles. The van der Waals surface area contributed by atoms with Crippen molar-refractivity contribution in [3.05, 3.63) is 29.8 Å². The minimum absolute atomic E-state index is 0.0214. The van der Waals surface area contributed by atoms with Crippen molar-refractivity contribution < 1.29 is 4.79 Å². The predicted molar refractivity (Wildman–Crippen MR) is 45.4 cm³/mol. The van der Waals surface area contributed by atoms with E-state index in [2.05, 4.69) is 10.6 Å². The van der Waals surface area contributed by atoms with Gasteiger partial charge in [0.2, 0.25) is 0 Å². The number of hydrogen-bond donors (Lipinski definition) is 1. The molecular formula is C9H9N2O. The van der Waals surface area contributed by atoms with E-state index in [4.69, 9.17) is 0 Å². The average molecular weight is 161 g/mol. The van der Waals surface area contributed by atoms with Gasteiger partial charge in [-0.2, -0.15) is 0 Å². The molecule has 0 aromatic heterocycles. The SMILES string of the molecule is O=C1NCC[N]c2ccccc21. The number of nitrogens with zero attached hydrogens (tertiary/aromatic N) is 1. The van der Waals surface area contributed by atoms with Gasteiger partial charge in [-0.05, 0) is 12.1 Å². The number of rotatable bonds is 0. The number of benzene rings is 1. The van der Waals surface area contributed by atoms with E-state index in [0.29, 0.717) is 18.7 Å². The molecule has 1 aromatic carbocycles. The number of amides is 1. The summed E-state index contributed by atoms with van der Waals surface area (Å²) < 4.78 is 0. The van der Waals surface area contributed by atoms with Crippen LogP contribution in [0.1, 0.15) is 10.4 Å². The molecule has 0 saturated carbocycles. The second kappa shape index (κ2) is 2.85. The Morgan fingerprint density at radius 3 is 3.08 bits per heavy atom.